The van der Waals surface area contributed by atoms with Crippen LogP contribution in [0.3, 0.4) is 0 Å². The minimum atomic E-state index is -0.501. The largest absolute Gasteiger partial charge is 0.493 e. The summed E-state index contributed by atoms with van der Waals surface area (Å²) < 4.78 is 21.5. The third kappa shape index (κ3) is 4.37. The Hall–Kier alpha value is -3.98. The number of ether oxygens (including phenoxy) is 3. The highest BCUT2D eigenvalue weighted by molar-refractivity contribution is 6.34. The lowest BCUT2D eigenvalue weighted by Crippen LogP contribution is -2.20. The van der Waals surface area contributed by atoms with Gasteiger partial charge in [-0.15, -0.1) is 0 Å². The Kier molecular flexibility index (Phi) is 6.00. The average molecular weight is 455 g/mol. The molecule has 0 atom stereocenters. The molecule has 0 unspecified atom stereocenters. The van der Waals surface area contributed by atoms with Crippen molar-refractivity contribution in [3.8, 4) is 23.0 Å². The van der Waals surface area contributed by atoms with Gasteiger partial charge in [0.25, 0.3) is 0 Å². The summed E-state index contributed by atoms with van der Waals surface area (Å²) in [7, 11) is 3.13. The SMILES string of the molecule is COc1cc2nccc(Oc3ccc(NC(=O)Nc4nocc4C)c(Cl)c3)c2cc1OC. The fraction of sp³-hybridized carbons (Fsp3) is 0.136. The molecule has 4 aromatic rings. The fourth-order valence-electron chi connectivity index (χ4n) is 2.99. The van der Waals surface area contributed by atoms with Gasteiger partial charge in [-0.1, -0.05) is 16.8 Å². The van der Waals surface area contributed by atoms with Gasteiger partial charge >= 0.3 is 6.03 Å². The first-order chi connectivity index (χ1) is 15.5. The molecule has 0 fully saturated rings. The molecule has 2 aromatic carbocycles. The van der Waals surface area contributed by atoms with Gasteiger partial charge in [0.15, 0.2) is 17.3 Å². The number of rotatable bonds is 6. The number of nitrogens with one attached hydrogen (secondary N) is 2. The first-order valence-corrected chi connectivity index (χ1v) is 9.83. The van der Waals surface area contributed by atoms with Crippen LogP contribution in [0.4, 0.5) is 16.3 Å². The Bertz CT molecular complexity index is 1290. The van der Waals surface area contributed by atoms with Crippen LogP contribution in [0, 0.1) is 6.92 Å². The molecule has 0 aliphatic rings. The number of anilines is 2. The maximum absolute atomic E-state index is 12.2. The molecule has 2 N–H and O–H groups in total. The van der Waals surface area contributed by atoms with Gasteiger partial charge in [0.1, 0.15) is 17.8 Å². The van der Waals surface area contributed by atoms with E-state index in [1.54, 1.807) is 63.7 Å². The topological polar surface area (TPSA) is 108 Å². The van der Waals surface area contributed by atoms with Crippen molar-refractivity contribution >= 4 is 40.0 Å². The number of nitrogens with zero attached hydrogens (tertiary/aromatic N) is 2. The van der Waals surface area contributed by atoms with Crippen LogP contribution >= 0.6 is 11.6 Å². The molecule has 2 amide bonds. The lowest BCUT2D eigenvalue weighted by molar-refractivity contribution is 0.262. The number of hydrogen-bond donors (Lipinski definition) is 2. The molecular formula is C22H19ClN4O5. The molecule has 2 aromatic heterocycles. The Morgan fingerprint density at radius 1 is 1.03 bits per heavy atom. The van der Waals surface area contributed by atoms with Crippen LogP contribution in [0.2, 0.25) is 5.02 Å². The van der Waals surface area contributed by atoms with Crippen molar-refractivity contribution in [1.29, 1.82) is 0 Å². The second-order valence-corrected chi connectivity index (χ2v) is 7.11. The van der Waals surface area contributed by atoms with E-state index in [2.05, 4.69) is 20.8 Å². The zero-order chi connectivity index (χ0) is 22.7. The number of urea groups is 1. The molecule has 4 rings (SSSR count). The second-order valence-electron chi connectivity index (χ2n) is 6.70. The minimum Gasteiger partial charge on any atom is -0.493 e. The van der Waals surface area contributed by atoms with Crippen molar-refractivity contribution in [3.05, 3.63) is 59.4 Å². The smallest absolute Gasteiger partial charge is 0.324 e. The van der Waals surface area contributed by atoms with Crippen LogP contribution < -0.4 is 24.8 Å². The Labute approximate surface area is 188 Å². The van der Waals surface area contributed by atoms with E-state index in [9.17, 15) is 4.79 Å². The Morgan fingerprint density at radius 3 is 2.50 bits per heavy atom. The van der Waals surface area contributed by atoms with Crippen LogP contribution in [0.15, 0.2) is 53.4 Å². The van der Waals surface area contributed by atoms with Crippen molar-refractivity contribution in [2.24, 2.45) is 0 Å². The van der Waals surface area contributed by atoms with Gasteiger partial charge in [-0.25, -0.2) is 4.79 Å². The normalized spacial score (nSPS) is 10.6. The summed E-state index contributed by atoms with van der Waals surface area (Å²) in [5.74, 6) is 2.50. The van der Waals surface area contributed by atoms with E-state index < -0.39 is 6.03 Å². The number of carbonyl (C=O) groups excluding carboxylic acids is 1. The Morgan fingerprint density at radius 2 is 1.81 bits per heavy atom. The molecule has 0 spiro atoms. The average Bonchev–Trinajstić information content (AvgIpc) is 3.19. The molecule has 0 aliphatic heterocycles. The number of carbonyl (C=O) groups is 1. The monoisotopic (exact) mass is 454 g/mol. The highest BCUT2D eigenvalue weighted by Gasteiger charge is 2.13. The lowest BCUT2D eigenvalue weighted by atomic mass is 10.2. The molecule has 0 saturated heterocycles. The van der Waals surface area contributed by atoms with Gasteiger partial charge in [0, 0.05) is 29.3 Å². The van der Waals surface area contributed by atoms with Crippen LogP contribution in [-0.4, -0.2) is 30.4 Å². The number of aromatic nitrogens is 2. The number of hydrogen-bond acceptors (Lipinski definition) is 7. The molecule has 9 nitrogen and oxygen atoms in total. The minimum absolute atomic E-state index is 0.298. The van der Waals surface area contributed by atoms with Crippen LogP contribution in [0.1, 0.15) is 5.56 Å². The van der Waals surface area contributed by atoms with E-state index in [1.165, 1.54) is 6.26 Å². The summed E-state index contributed by atoms with van der Waals surface area (Å²) in [5, 5.41) is 10.00. The van der Waals surface area contributed by atoms with Gasteiger partial charge in [-0.3, -0.25) is 10.3 Å². The Balaban J connectivity index is 1.54. The van der Waals surface area contributed by atoms with E-state index in [0.29, 0.717) is 50.6 Å². The van der Waals surface area contributed by atoms with Crippen molar-refractivity contribution in [2.75, 3.05) is 24.9 Å². The van der Waals surface area contributed by atoms with Gasteiger partial charge in [0.2, 0.25) is 0 Å². The predicted molar refractivity (Wildman–Crippen MR) is 120 cm³/mol. The summed E-state index contributed by atoms with van der Waals surface area (Å²) >= 11 is 6.35. The molecule has 0 radical (unpaired) electrons. The van der Waals surface area contributed by atoms with Crippen LogP contribution in [-0.2, 0) is 0 Å². The number of methoxy groups -OCH3 is 2. The second kappa shape index (κ2) is 9.03. The summed E-state index contributed by atoms with van der Waals surface area (Å²) in [6.07, 6.45) is 3.07. The van der Waals surface area contributed by atoms with Gasteiger partial charge in [-0.2, -0.15) is 0 Å². The van der Waals surface area contributed by atoms with Crippen molar-refractivity contribution < 1.29 is 23.5 Å². The third-order valence-corrected chi connectivity index (χ3v) is 4.92. The van der Waals surface area contributed by atoms with Crippen molar-refractivity contribution in [2.45, 2.75) is 6.92 Å². The number of aryl methyl sites for hydroxylation is 1. The van der Waals surface area contributed by atoms with E-state index in [0.717, 1.165) is 5.39 Å². The van der Waals surface area contributed by atoms with E-state index in [-0.39, 0.29) is 0 Å². The van der Waals surface area contributed by atoms with Crippen molar-refractivity contribution in [1.82, 2.24) is 10.1 Å². The summed E-state index contributed by atoms with van der Waals surface area (Å²) in [6.45, 7) is 1.76. The third-order valence-electron chi connectivity index (χ3n) is 4.60. The molecule has 164 valence electrons. The maximum atomic E-state index is 12.2. The molecule has 32 heavy (non-hydrogen) atoms. The standard InChI is InChI=1S/C22H19ClN4O5/c1-12-11-31-27-21(12)26-22(28)25-16-5-4-13(8-15(16)23)32-18-6-7-24-17-10-20(30-3)19(29-2)9-14(17)18/h4-11H,1-3H3,(H2,25,26,27,28). The zero-order valence-electron chi connectivity index (χ0n) is 17.4. The number of fused-ring (bicyclic) bond motifs is 1. The molecule has 10 heteroatoms. The van der Waals surface area contributed by atoms with Crippen LogP contribution in [0.25, 0.3) is 10.9 Å². The van der Waals surface area contributed by atoms with Crippen LogP contribution in [0.5, 0.6) is 23.0 Å². The first-order valence-electron chi connectivity index (χ1n) is 9.45. The lowest BCUT2D eigenvalue weighted by Gasteiger charge is -2.13. The van der Waals surface area contributed by atoms with E-state index >= 15 is 0 Å². The highest BCUT2D eigenvalue weighted by atomic mass is 35.5. The predicted octanol–water partition coefficient (Wildman–Crippen LogP) is 5.64. The molecule has 2 heterocycles. The number of halogens is 1. The van der Waals surface area contributed by atoms with E-state index in [4.69, 9.17) is 30.3 Å². The van der Waals surface area contributed by atoms with Gasteiger partial charge < -0.3 is 24.1 Å². The molecule has 0 aliphatic carbocycles. The summed E-state index contributed by atoms with van der Waals surface area (Å²) in [4.78, 5) is 16.6. The number of pyridine rings is 1. The van der Waals surface area contributed by atoms with Crippen molar-refractivity contribution in [3.63, 3.8) is 0 Å². The molecule has 0 bridgehead atoms. The summed E-state index contributed by atoms with van der Waals surface area (Å²) in [5.41, 5.74) is 1.79. The number of benzene rings is 2. The molecular weight excluding hydrogens is 436 g/mol. The summed E-state index contributed by atoms with van der Waals surface area (Å²) in [6, 6.07) is 9.74. The number of amides is 2. The highest BCUT2D eigenvalue weighted by Crippen LogP contribution is 2.37. The maximum Gasteiger partial charge on any atom is 0.324 e. The fourth-order valence-corrected chi connectivity index (χ4v) is 3.21. The van der Waals surface area contributed by atoms with E-state index in [1.807, 2.05) is 0 Å². The molecule has 0 saturated carbocycles. The van der Waals surface area contributed by atoms with Gasteiger partial charge in [0.05, 0.1) is 30.4 Å². The zero-order valence-corrected chi connectivity index (χ0v) is 18.2. The quantitative estimate of drug-likeness (QED) is 0.388. The first kappa shape index (κ1) is 21.3. The van der Waals surface area contributed by atoms with Gasteiger partial charge in [-0.05, 0) is 31.2 Å².